The van der Waals surface area contributed by atoms with Crippen molar-refractivity contribution in [3.63, 3.8) is 0 Å². The molecule has 5 heteroatoms. The summed E-state index contributed by atoms with van der Waals surface area (Å²) < 4.78 is 14.6. The second-order valence-corrected chi connectivity index (χ2v) is 5.64. The van der Waals surface area contributed by atoms with Crippen molar-refractivity contribution in [2.45, 2.75) is 12.5 Å². The first-order valence-corrected chi connectivity index (χ1v) is 6.88. The van der Waals surface area contributed by atoms with Gasteiger partial charge < -0.3 is 5.11 Å². The van der Waals surface area contributed by atoms with E-state index in [-0.39, 0.29) is 5.82 Å². The Balaban J connectivity index is 2.21. The van der Waals surface area contributed by atoms with Gasteiger partial charge in [-0.05, 0) is 51.8 Å². The lowest BCUT2D eigenvalue weighted by molar-refractivity contribution is 0.172. The van der Waals surface area contributed by atoms with E-state index in [0.29, 0.717) is 22.2 Å². The summed E-state index contributed by atoms with van der Waals surface area (Å²) in [5.74, 6) is -0.327. The Morgan fingerprint density at radius 3 is 2.72 bits per heavy atom. The molecule has 0 saturated heterocycles. The molecule has 0 saturated carbocycles. The van der Waals surface area contributed by atoms with E-state index in [4.69, 9.17) is 0 Å². The topological polar surface area (TPSA) is 33.1 Å². The third-order valence-electron chi connectivity index (χ3n) is 2.45. The summed E-state index contributed by atoms with van der Waals surface area (Å²) in [7, 11) is 0. The molecule has 1 atom stereocenters. The predicted molar refractivity (Wildman–Crippen MR) is 74.7 cm³/mol. The van der Waals surface area contributed by atoms with Gasteiger partial charge in [-0.2, -0.15) is 0 Å². The van der Waals surface area contributed by atoms with Crippen LogP contribution in [0.15, 0.2) is 45.5 Å². The van der Waals surface area contributed by atoms with E-state index < -0.39 is 6.10 Å². The lowest BCUT2D eigenvalue weighted by Gasteiger charge is -2.12. The number of benzene rings is 1. The summed E-state index contributed by atoms with van der Waals surface area (Å²) >= 11 is 6.56. The van der Waals surface area contributed by atoms with E-state index in [9.17, 15) is 9.50 Å². The van der Waals surface area contributed by atoms with Crippen molar-refractivity contribution in [1.82, 2.24) is 4.98 Å². The molecule has 2 rings (SSSR count). The number of aromatic nitrogens is 1. The minimum absolute atomic E-state index is 0.311. The maximum atomic E-state index is 13.2. The molecule has 0 radical (unpaired) electrons. The largest absolute Gasteiger partial charge is 0.386 e. The molecule has 0 fully saturated rings. The number of halogens is 3. The Morgan fingerprint density at radius 2 is 2.06 bits per heavy atom. The van der Waals surface area contributed by atoms with E-state index in [1.54, 1.807) is 18.3 Å². The maximum Gasteiger partial charge on any atom is 0.124 e. The SMILES string of the molecule is OC(Cc1cc(F)cc(Br)c1)c1ncccc1Br. The van der Waals surface area contributed by atoms with Crippen molar-refractivity contribution >= 4 is 31.9 Å². The minimum atomic E-state index is -0.769. The van der Waals surface area contributed by atoms with Gasteiger partial charge in [0, 0.05) is 21.6 Å². The molecule has 0 bridgehead atoms. The van der Waals surface area contributed by atoms with E-state index in [0.717, 1.165) is 4.47 Å². The Hall–Kier alpha value is -0.780. The molecule has 1 aromatic heterocycles. The van der Waals surface area contributed by atoms with Crippen LogP contribution in [0.1, 0.15) is 17.4 Å². The van der Waals surface area contributed by atoms with Crippen LogP contribution >= 0.6 is 31.9 Å². The monoisotopic (exact) mass is 373 g/mol. The molecule has 1 aromatic carbocycles. The van der Waals surface area contributed by atoms with Gasteiger partial charge in [0.2, 0.25) is 0 Å². The van der Waals surface area contributed by atoms with Gasteiger partial charge >= 0.3 is 0 Å². The zero-order valence-corrected chi connectivity index (χ0v) is 12.4. The van der Waals surface area contributed by atoms with Crippen LogP contribution in [0.4, 0.5) is 4.39 Å². The lowest BCUT2D eigenvalue weighted by Crippen LogP contribution is -2.05. The smallest absolute Gasteiger partial charge is 0.124 e. The van der Waals surface area contributed by atoms with Crippen molar-refractivity contribution < 1.29 is 9.50 Å². The van der Waals surface area contributed by atoms with Gasteiger partial charge in [-0.25, -0.2) is 4.39 Å². The van der Waals surface area contributed by atoms with Crippen LogP contribution < -0.4 is 0 Å². The molecule has 0 aliphatic heterocycles. The second-order valence-electron chi connectivity index (χ2n) is 3.87. The van der Waals surface area contributed by atoms with Crippen molar-refractivity contribution in [2.24, 2.45) is 0 Å². The fourth-order valence-corrected chi connectivity index (χ4v) is 2.72. The van der Waals surface area contributed by atoms with Gasteiger partial charge in [0.1, 0.15) is 11.9 Å². The lowest BCUT2D eigenvalue weighted by atomic mass is 10.1. The molecule has 1 N–H and O–H groups in total. The number of aliphatic hydroxyl groups excluding tert-OH is 1. The standard InChI is InChI=1S/C13H10Br2FNO/c14-9-4-8(5-10(16)7-9)6-12(18)13-11(15)2-1-3-17-13/h1-5,7,12,18H,6H2. The van der Waals surface area contributed by atoms with Gasteiger partial charge in [-0.3, -0.25) is 4.98 Å². The molecular formula is C13H10Br2FNO. The van der Waals surface area contributed by atoms with Crippen molar-refractivity contribution in [3.05, 3.63) is 62.5 Å². The molecule has 18 heavy (non-hydrogen) atoms. The van der Waals surface area contributed by atoms with Crippen LogP contribution in [0.2, 0.25) is 0 Å². The van der Waals surface area contributed by atoms with Crippen molar-refractivity contribution in [3.8, 4) is 0 Å². The number of pyridine rings is 1. The highest BCUT2D eigenvalue weighted by molar-refractivity contribution is 9.10. The molecule has 0 aliphatic carbocycles. The number of rotatable bonds is 3. The fourth-order valence-electron chi connectivity index (χ4n) is 1.69. The van der Waals surface area contributed by atoms with Gasteiger partial charge in [0.15, 0.2) is 0 Å². The first-order chi connectivity index (χ1) is 8.56. The molecule has 1 heterocycles. The van der Waals surface area contributed by atoms with E-state index in [1.807, 2.05) is 6.07 Å². The predicted octanol–water partition coefficient (Wildman–Crippen LogP) is 4.02. The Bertz CT molecular complexity index is 542. The summed E-state index contributed by atoms with van der Waals surface area (Å²) in [6.07, 6.45) is 1.16. The summed E-state index contributed by atoms with van der Waals surface area (Å²) in [5, 5.41) is 10.1. The van der Waals surface area contributed by atoms with E-state index >= 15 is 0 Å². The van der Waals surface area contributed by atoms with Crippen LogP contribution in [0.25, 0.3) is 0 Å². The van der Waals surface area contributed by atoms with E-state index in [1.165, 1.54) is 12.1 Å². The van der Waals surface area contributed by atoms with Gasteiger partial charge in [0.05, 0.1) is 5.69 Å². The average Bonchev–Trinajstić information content (AvgIpc) is 2.27. The van der Waals surface area contributed by atoms with Gasteiger partial charge in [-0.15, -0.1) is 0 Å². The molecule has 0 amide bonds. The summed E-state index contributed by atoms with van der Waals surface area (Å²) in [5.41, 5.74) is 1.27. The average molecular weight is 375 g/mol. The highest BCUT2D eigenvalue weighted by Crippen LogP contribution is 2.25. The number of hydrogen-bond donors (Lipinski definition) is 1. The quantitative estimate of drug-likeness (QED) is 0.880. The molecular weight excluding hydrogens is 365 g/mol. The highest BCUT2D eigenvalue weighted by Gasteiger charge is 2.14. The minimum Gasteiger partial charge on any atom is -0.386 e. The number of nitrogens with zero attached hydrogens (tertiary/aromatic N) is 1. The molecule has 0 aliphatic rings. The zero-order chi connectivity index (χ0) is 13.1. The summed E-state index contributed by atoms with van der Waals surface area (Å²) in [6.45, 7) is 0. The van der Waals surface area contributed by atoms with Crippen LogP contribution in [0, 0.1) is 5.82 Å². The van der Waals surface area contributed by atoms with Crippen LogP contribution in [0.3, 0.4) is 0 Å². The summed E-state index contributed by atoms with van der Waals surface area (Å²) in [4.78, 5) is 4.12. The third kappa shape index (κ3) is 3.37. The van der Waals surface area contributed by atoms with Crippen LogP contribution in [-0.4, -0.2) is 10.1 Å². The van der Waals surface area contributed by atoms with Crippen molar-refractivity contribution in [2.75, 3.05) is 0 Å². The molecule has 0 spiro atoms. The van der Waals surface area contributed by atoms with E-state index in [2.05, 4.69) is 36.8 Å². The number of hydrogen-bond acceptors (Lipinski definition) is 2. The maximum absolute atomic E-state index is 13.2. The highest BCUT2D eigenvalue weighted by atomic mass is 79.9. The normalized spacial score (nSPS) is 12.4. The number of aliphatic hydroxyl groups is 1. The first-order valence-electron chi connectivity index (χ1n) is 5.29. The zero-order valence-electron chi connectivity index (χ0n) is 9.28. The van der Waals surface area contributed by atoms with Gasteiger partial charge in [-0.1, -0.05) is 15.9 Å². The Labute approximate surface area is 121 Å². The molecule has 1 unspecified atom stereocenters. The van der Waals surface area contributed by atoms with Crippen molar-refractivity contribution in [1.29, 1.82) is 0 Å². The fraction of sp³-hybridized carbons (Fsp3) is 0.154. The molecule has 2 nitrogen and oxygen atoms in total. The van der Waals surface area contributed by atoms with Crippen LogP contribution in [0.5, 0.6) is 0 Å². The summed E-state index contributed by atoms with van der Waals surface area (Å²) in [6, 6.07) is 8.16. The Kier molecular flexibility index (Phi) is 4.48. The third-order valence-corrected chi connectivity index (χ3v) is 3.58. The first kappa shape index (κ1) is 13.6. The molecule has 2 aromatic rings. The Morgan fingerprint density at radius 1 is 1.28 bits per heavy atom. The second kappa shape index (κ2) is 5.91. The van der Waals surface area contributed by atoms with Crippen LogP contribution in [-0.2, 0) is 6.42 Å². The molecule has 94 valence electrons. The van der Waals surface area contributed by atoms with Gasteiger partial charge in [0.25, 0.3) is 0 Å².